The molecule has 0 spiro atoms. The summed E-state index contributed by atoms with van der Waals surface area (Å²) in [5.74, 6) is -0.420. The van der Waals surface area contributed by atoms with Gasteiger partial charge in [-0.05, 0) is 49.1 Å². The quantitative estimate of drug-likeness (QED) is 0.791. The van der Waals surface area contributed by atoms with Crippen LogP contribution in [0.3, 0.4) is 0 Å². The summed E-state index contributed by atoms with van der Waals surface area (Å²) in [6.07, 6.45) is 2.90. The number of benzene rings is 2. The lowest BCUT2D eigenvalue weighted by Gasteiger charge is -2.23. The predicted molar refractivity (Wildman–Crippen MR) is 80.8 cm³/mol. The Balaban J connectivity index is 2.03. The number of hydrogen-bond donors (Lipinski definition) is 2. The highest BCUT2D eigenvalue weighted by Gasteiger charge is 2.24. The molecule has 21 heavy (non-hydrogen) atoms. The standard InChI is InChI=1S/C17H17NO3/c19-13-8-9-16(20)14(11-13)17(21)18-10-4-3-6-12-5-1-2-7-15(12)18/h1-2,5,7-9,11,19-20H,3-4,6,10H2. The molecule has 0 bridgehead atoms. The maximum atomic E-state index is 12.7. The van der Waals surface area contributed by atoms with Crippen molar-refractivity contribution in [2.45, 2.75) is 19.3 Å². The van der Waals surface area contributed by atoms with Crippen molar-refractivity contribution >= 4 is 11.6 Å². The number of anilines is 1. The van der Waals surface area contributed by atoms with E-state index in [0.717, 1.165) is 30.5 Å². The number of carbonyl (C=O) groups excluding carboxylic acids is 1. The Morgan fingerprint density at radius 1 is 1.05 bits per heavy atom. The molecule has 2 N–H and O–H groups in total. The monoisotopic (exact) mass is 283 g/mol. The number of phenols is 2. The molecule has 0 aromatic heterocycles. The average molecular weight is 283 g/mol. The highest BCUT2D eigenvalue weighted by atomic mass is 16.3. The third-order valence-electron chi connectivity index (χ3n) is 3.82. The molecule has 0 aliphatic carbocycles. The topological polar surface area (TPSA) is 60.8 Å². The van der Waals surface area contributed by atoms with Gasteiger partial charge >= 0.3 is 0 Å². The van der Waals surface area contributed by atoms with Crippen molar-refractivity contribution in [2.75, 3.05) is 11.4 Å². The first-order valence-electron chi connectivity index (χ1n) is 7.08. The minimum Gasteiger partial charge on any atom is -0.508 e. The number of amides is 1. The molecule has 3 rings (SSSR count). The molecular formula is C17H17NO3. The maximum Gasteiger partial charge on any atom is 0.262 e. The fourth-order valence-corrected chi connectivity index (χ4v) is 2.74. The van der Waals surface area contributed by atoms with Crippen LogP contribution in [0.4, 0.5) is 5.69 Å². The summed E-state index contributed by atoms with van der Waals surface area (Å²) in [5.41, 5.74) is 2.16. The van der Waals surface area contributed by atoms with Crippen LogP contribution in [0, 0.1) is 0 Å². The molecule has 0 saturated heterocycles. The van der Waals surface area contributed by atoms with Crippen molar-refractivity contribution in [1.82, 2.24) is 0 Å². The fourth-order valence-electron chi connectivity index (χ4n) is 2.74. The van der Waals surface area contributed by atoms with E-state index >= 15 is 0 Å². The van der Waals surface area contributed by atoms with E-state index in [1.165, 1.54) is 18.2 Å². The van der Waals surface area contributed by atoms with Gasteiger partial charge in [-0.3, -0.25) is 4.79 Å². The number of para-hydroxylation sites is 1. The van der Waals surface area contributed by atoms with E-state index in [1.807, 2.05) is 24.3 Å². The van der Waals surface area contributed by atoms with Crippen molar-refractivity contribution in [3.63, 3.8) is 0 Å². The molecule has 1 aliphatic rings. The first kappa shape index (κ1) is 13.5. The van der Waals surface area contributed by atoms with Gasteiger partial charge in [0.15, 0.2) is 0 Å². The molecule has 0 saturated carbocycles. The molecule has 0 atom stereocenters. The maximum absolute atomic E-state index is 12.7. The van der Waals surface area contributed by atoms with Crippen LogP contribution in [0.25, 0.3) is 0 Å². The van der Waals surface area contributed by atoms with Gasteiger partial charge in [0.05, 0.1) is 5.56 Å². The first-order chi connectivity index (χ1) is 10.2. The number of nitrogens with zero attached hydrogens (tertiary/aromatic N) is 1. The number of fused-ring (bicyclic) bond motifs is 1. The van der Waals surface area contributed by atoms with Gasteiger partial charge in [-0.1, -0.05) is 18.2 Å². The molecule has 1 amide bonds. The van der Waals surface area contributed by atoms with Crippen LogP contribution in [0.5, 0.6) is 11.5 Å². The van der Waals surface area contributed by atoms with Crippen molar-refractivity contribution < 1.29 is 15.0 Å². The average Bonchev–Trinajstić information content (AvgIpc) is 2.71. The van der Waals surface area contributed by atoms with Crippen molar-refractivity contribution in [1.29, 1.82) is 0 Å². The molecule has 0 fully saturated rings. The van der Waals surface area contributed by atoms with E-state index in [-0.39, 0.29) is 23.0 Å². The molecule has 108 valence electrons. The Morgan fingerprint density at radius 3 is 2.71 bits per heavy atom. The van der Waals surface area contributed by atoms with Crippen LogP contribution in [0.15, 0.2) is 42.5 Å². The Kier molecular flexibility index (Phi) is 3.52. The Labute approximate surface area is 123 Å². The van der Waals surface area contributed by atoms with Crippen molar-refractivity contribution in [3.8, 4) is 11.5 Å². The summed E-state index contributed by atoms with van der Waals surface area (Å²) in [4.78, 5) is 14.4. The van der Waals surface area contributed by atoms with Crippen molar-refractivity contribution in [2.24, 2.45) is 0 Å². The molecule has 1 aliphatic heterocycles. The smallest absolute Gasteiger partial charge is 0.262 e. The zero-order valence-corrected chi connectivity index (χ0v) is 11.6. The minimum absolute atomic E-state index is 0.0285. The number of aryl methyl sites for hydroxylation is 1. The van der Waals surface area contributed by atoms with Gasteiger partial charge in [0, 0.05) is 12.2 Å². The van der Waals surface area contributed by atoms with E-state index < -0.39 is 0 Å². The van der Waals surface area contributed by atoms with Gasteiger partial charge in [0.2, 0.25) is 0 Å². The molecule has 2 aromatic carbocycles. The lowest BCUT2D eigenvalue weighted by molar-refractivity contribution is 0.0984. The van der Waals surface area contributed by atoms with Gasteiger partial charge in [0.25, 0.3) is 5.91 Å². The van der Waals surface area contributed by atoms with Crippen LogP contribution in [-0.2, 0) is 6.42 Å². The molecule has 2 aromatic rings. The van der Waals surface area contributed by atoms with Gasteiger partial charge < -0.3 is 15.1 Å². The number of hydrogen-bond acceptors (Lipinski definition) is 3. The second-order valence-corrected chi connectivity index (χ2v) is 5.24. The molecule has 1 heterocycles. The Bertz CT molecular complexity index is 681. The highest BCUT2D eigenvalue weighted by molar-refractivity contribution is 6.08. The summed E-state index contributed by atoms with van der Waals surface area (Å²) < 4.78 is 0. The summed E-state index contributed by atoms with van der Waals surface area (Å²) in [7, 11) is 0. The largest absolute Gasteiger partial charge is 0.508 e. The van der Waals surface area contributed by atoms with Crippen molar-refractivity contribution in [3.05, 3.63) is 53.6 Å². The third-order valence-corrected chi connectivity index (χ3v) is 3.82. The minimum atomic E-state index is -0.280. The lowest BCUT2D eigenvalue weighted by Crippen LogP contribution is -2.31. The SMILES string of the molecule is O=C(c1cc(O)ccc1O)N1CCCCc2ccccc21. The van der Waals surface area contributed by atoms with Crippen LogP contribution >= 0.6 is 0 Å². The van der Waals surface area contributed by atoms with E-state index in [0.29, 0.717) is 6.54 Å². The highest BCUT2D eigenvalue weighted by Crippen LogP contribution is 2.30. The zero-order chi connectivity index (χ0) is 14.8. The van der Waals surface area contributed by atoms with Crippen LogP contribution < -0.4 is 4.90 Å². The molecule has 0 unspecified atom stereocenters. The number of aromatic hydroxyl groups is 2. The molecular weight excluding hydrogens is 266 g/mol. The van der Waals surface area contributed by atoms with E-state index in [1.54, 1.807) is 4.90 Å². The normalized spacial score (nSPS) is 14.4. The van der Waals surface area contributed by atoms with Gasteiger partial charge in [-0.2, -0.15) is 0 Å². The van der Waals surface area contributed by atoms with Crippen LogP contribution in [0.1, 0.15) is 28.8 Å². The third kappa shape index (κ3) is 2.57. The predicted octanol–water partition coefficient (Wildman–Crippen LogP) is 3.08. The zero-order valence-electron chi connectivity index (χ0n) is 11.6. The summed E-state index contributed by atoms with van der Waals surface area (Å²) >= 11 is 0. The van der Waals surface area contributed by atoms with Crippen LogP contribution in [0.2, 0.25) is 0 Å². The second kappa shape index (κ2) is 5.48. The molecule has 0 radical (unpaired) electrons. The summed E-state index contributed by atoms with van der Waals surface area (Å²) in [6.45, 7) is 0.616. The number of carbonyl (C=O) groups is 1. The second-order valence-electron chi connectivity index (χ2n) is 5.24. The lowest BCUT2D eigenvalue weighted by atomic mass is 10.1. The Hall–Kier alpha value is -2.49. The molecule has 4 heteroatoms. The summed E-state index contributed by atoms with van der Waals surface area (Å²) in [5, 5.41) is 19.4. The van der Waals surface area contributed by atoms with Gasteiger partial charge in [-0.15, -0.1) is 0 Å². The molecule has 4 nitrogen and oxygen atoms in total. The van der Waals surface area contributed by atoms with Crippen LogP contribution in [-0.4, -0.2) is 22.7 Å². The number of phenolic OH excluding ortho intramolecular Hbond substituents is 2. The van der Waals surface area contributed by atoms with Gasteiger partial charge in [0.1, 0.15) is 11.5 Å². The first-order valence-corrected chi connectivity index (χ1v) is 7.08. The summed E-state index contributed by atoms with van der Waals surface area (Å²) in [6, 6.07) is 11.9. The van der Waals surface area contributed by atoms with Gasteiger partial charge in [-0.25, -0.2) is 0 Å². The number of rotatable bonds is 1. The van der Waals surface area contributed by atoms with E-state index in [4.69, 9.17) is 0 Å². The van der Waals surface area contributed by atoms with E-state index in [9.17, 15) is 15.0 Å². The fraction of sp³-hybridized carbons (Fsp3) is 0.235. The Morgan fingerprint density at radius 2 is 1.86 bits per heavy atom. The van der Waals surface area contributed by atoms with E-state index in [2.05, 4.69) is 0 Å².